The smallest absolute Gasteiger partial charge is 0.340 e. The van der Waals surface area contributed by atoms with Gasteiger partial charge in [-0.15, -0.1) is 0 Å². The van der Waals surface area contributed by atoms with Crippen molar-refractivity contribution in [2.24, 2.45) is 81.8 Å². The summed E-state index contributed by atoms with van der Waals surface area (Å²) in [6.07, 6.45) is 27.7. The van der Waals surface area contributed by atoms with Gasteiger partial charge in [0, 0.05) is 73.2 Å². The quantitative estimate of drug-likeness (QED) is 0.0416. The SMILES string of the molecule is CCC1(/C=C2\OC(=O)C3=C2CC[C@H]2[C@@H]4CC[C@@]5(C6=C4[C@@H](CN4C(=O)C=CC4=O)C4=CCNC(=C4)NCSS[C@H](NC[C@H](C)O)[C@H]([C@@H]4[C@@H]7C[C@H]8C[C@@H](CO)C[C@H](CO)C#C[C@@H]7C=C[C@@H]4C8)C/C=C/5OC6=O)[C@@H]32)CCCC1. The van der Waals surface area contributed by atoms with Crippen LogP contribution < -0.4 is 16.0 Å². The van der Waals surface area contributed by atoms with Crippen LogP contribution in [0.2, 0.25) is 0 Å². The molecule has 13 rings (SSSR count). The maximum absolute atomic E-state index is 15.5. The Morgan fingerprint density at radius 2 is 1.76 bits per heavy atom. The number of amides is 2. The molecule has 1 spiro atoms. The molecule has 0 radical (unpaired) electrons. The largest absolute Gasteiger partial charge is 0.427 e. The lowest BCUT2D eigenvalue weighted by atomic mass is 9.43. The van der Waals surface area contributed by atoms with E-state index in [0.717, 1.165) is 86.7 Å². The van der Waals surface area contributed by atoms with E-state index in [9.17, 15) is 29.7 Å². The normalized spacial score (nSPS) is 40.2. The van der Waals surface area contributed by atoms with Crippen LogP contribution in [0.3, 0.4) is 0 Å². The molecule has 13 aliphatic rings. The summed E-state index contributed by atoms with van der Waals surface area (Å²) >= 11 is 0. The maximum Gasteiger partial charge on any atom is 0.340 e. The van der Waals surface area contributed by atoms with Gasteiger partial charge in [0.25, 0.3) is 11.8 Å². The van der Waals surface area contributed by atoms with Gasteiger partial charge in [0.2, 0.25) is 0 Å². The molecule has 5 heterocycles. The zero-order valence-electron chi connectivity index (χ0n) is 43.4. The lowest BCUT2D eigenvalue weighted by molar-refractivity contribution is -0.138. The zero-order valence-corrected chi connectivity index (χ0v) is 45.0. The Bertz CT molecular complexity index is 2680. The van der Waals surface area contributed by atoms with E-state index in [2.05, 4.69) is 71.2 Å². The molecule has 0 unspecified atom stereocenters. The second-order valence-electron chi connectivity index (χ2n) is 24.1. The van der Waals surface area contributed by atoms with Crippen LogP contribution in [0.25, 0.3) is 0 Å². The minimum atomic E-state index is -1.01. The van der Waals surface area contributed by atoms with Gasteiger partial charge in [0.15, 0.2) is 0 Å². The molecule has 6 N–H and O–H groups in total. The number of aliphatic hydroxyl groups excluding tert-OH is 3. The number of carbonyl (C=O) groups is 4. The van der Waals surface area contributed by atoms with Gasteiger partial charge in [-0.1, -0.05) is 71.4 Å². The van der Waals surface area contributed by atoms with Crippen molar-refractivity contribution in [1.29, 1.82) is 0 Å². The molecular formula is C60H74N4O9S2. The second kappa shape index (κ2) is 20.8. The Balaban J connectivity index is 1.04. The summed E-state index contributed by atoms with van der Waals surface area (Å²) in [5, 5.41) is 42.8. The van der Waals surface area contributed by atoms with Crippen LogP contribution in [0.4, 0.5) is 0 Å². The highest BCUT2D eigenvalue weighted by Gasteiger charge is 2.69. The number of nitrogens with zero attached hydrogens (tertiary/aromatic N) is 1. The number of esters is 2. The van der Waals surface area contributed by atoms with Crippen LogP contribution in [-0.4, -0.2) is 94.2 Å². The molecule has 2 amide bonds. The monoisotopic (exact) mass is 1060 g/mol. The Hall–Kier alpha value is -4.30. The van der Waals surface area contributed by atoms with Crippen molar-refractivity contribution < 1.29 is 44.0 Å². The van der Waals surface area contributed by atoms with Gasteiger partial charge in [0.05, 0.1) is 40.8 Å². The summed E-state index contributed by atoms with van der Waals surface area (Å²) in [6.45, 7) is 5.02. The summed E-state index contributed by atoms with van der Waals surface area (Å²) in [5.74, 6) is 8.03. The Kier molecular flexibility index (Phi) is 14.3. The molecule has 0 aromatic rings. The molecule has 15 atom stereocenters. The molecule has 1 saturated heterocycles. The van der Waals surface area contributed by atoms with Crippen molar-refractivity contribution in [2.45, 2.75) is 115 Å². The lowest BCUT2D eigenvalue weighted by Gasteiger charge is -2.57. The number of imide groups is 1. The highest BCUT2D eigenvalue weighted by atomic mass is 33.1. The topological polar surface area (TPSA) is 187 Å². The predicted molar refractivity (Wildman–Crippen MR) is 287 cm³/mol. The summed E-state index contributed by atoms with van der Waals surface area (Å²) in [5.41, 5.74) is 3.09. The van der Waals surface area contributed by atoms with Gasteiger partial charge in [0.1, 0.15) is 11.5 Å². The maximum atomic E-state index is 15.5. The first-order chi connectivity index (χ1) is 36.4. The zero-order chi connectivity index (χ0) is 51.8. The molecule has 0 aromatic heterocycles. The number of fused-ring (bicyclic) bond motifs is 4. The first-order valence-electron chi connectivity index (χ1n) is 28.3. The van der Waals surface area contributed by atoms with Crippen LogP contribution >= 0.6 is 21.6 Å². The van der Waals surface area contributed by atoms with Crippen molar-refractivity contribution in [3.05, 3.63) is 93.8 Å². The number of ether oxygens (including phenoxy) is 2. The van der Waals surface area contributed by atoms with Crippen molar-refractivity contribution in [3.63, 3.8) is 0 Å². The summed E-state index contributed by atoms with van der Waals surface area (Å²) < 4.78 is 13.3. The van der Waals surface area contributed by atoms with Gasteiger partial charge in [-0.05, 0) is 166 Å². The number of aliphatic hydroxyl groups is 3. The number of cyclic esters (lactones) is 1. The highest BCUT2D eigenvalue weighted by molar-refractivity contribution is 8.76. The van der Waals surface area contributed by atoms with Crippen molar-refractivity contribution >= 4 is 45.3 Å². The minimum Gasteiger partial charge on any atom is -0.427 e. The molecular weight excluding hydrogens is 985 g/mol. The third-order valence-electron chi connectivity index (χ3n) is 20.1. The van der Waals surface area contributed by atoms with Crippen LogP contribution in [0.15, 0.2) is 93.8 Å². The fraction of sp³-hybridized carbons (Fsp3) is 0.633. The fourth-order valence-electron chi connectivity index (χ4n) is 16.9. The summed E-state index contributed by atoms with van der Waals surface area (Å²) in [4.78, 5) is 58.8. The molecule has 10 bridgehead atoms. The number of hydrogen-bond donors (Lipinski definition) is 6. The van der Waals surface area contributed by atoms with Crippen molar-refractivity contribution in [3.8, 4) is 11.8 Å². The molecule has 5 aliphatic heterocycles. The number of nitrogens with one attached hydrogen (secondary N) is 3. The molecule has 8 aliphatic carbocycles. The molecule has 75 heavy (non-hydrogen) atoms. The fourth-order valence-corrected chi connectivity index (χ4v) is 19.4. The van der Waals surface area contributed by atoms with Crippen molar-refractivity contribution in [1.82, 2.24) is 20.9 Å². The van der Waals surface area contributed by atoms with E-state index in [1.807, 2.05) is 6.92 Å². The molecule has 13 nitrogen and oxygen atoms in total. The van der Waals surface area contributed by atoms with E-state index in [1.54, 1.807) is 21.6 Å². The van der Waals surface area contributed by atoms with Gasteiger partial charge in [-0.25, -0.2) is 9.59 Å². The number of dihydropyridines is 1. The third-order valence-corrected chi connectivity index (χ3v) is 22.6. The van der Waals surface area contributed by atoms with E-state index >= 15 is 4.79 Å². The molecule has 0 aromatic carbocycles. The van der Waals surface area contributed by atoms with E-state index in [4.69, 9.17) is 9.47 Å². The number of allylic oxidation sites excluding steroid dienone is 7. The average Bonchev–Trinajstić information content (AvgIpc) is 4.20. The number of carbonyl (C=O) groups excluding carboxylic acids is 4. The van der Waals surface area contributed by atoms with Gasteiger partial charge >= 0.3 is 11.9 Å². The van der Waals surface area contributed by atoms with Crippen molar-refractivity contribution in [2.75, 3.05) is 38.7 Å². The number of rotatable bonds is 10. The van der Waals surface area contributed by atoms with E-state index in [0.29, 0.717) is 73.2 Å². The van der Waals surface area contributed by atoms with Crippen LogP contribution in [0, 0.1) is 93.7 Å². The van der Waals surface area contributed by atoms with E-state index in [1.165, 1.54) is 17.1 Å². The first-order valence-corrected chi connectivity index (χ1v) is 30.7. The minimum absolute atomic E-state index is 0.0215. The third kappa shape index (κ3) is 9.07. The average molecular weight is 1060 g/mol. The number of hydrogen-bond acceptors (Lipinski definition) is 14. The summed E-state index contributed by atoms with van der Waals surface area (Å²) in [7, 11) is 3.47. The molecule has 4 fully saturated rings. The Morgan fingerprint density at radius 3 is 2.53 bits per heavy atom. The second-order valence-corrected chi connectivity index (χ2v) is 26.6. The predicted octanol–water partition coefficient (Wildman–Crippen LogP) is 7.48. The molecule has 400 valence electrons. The first kappa shape index (κ1) is 51.5. The lowest BCUT2D eigenvalue weighted by Crippen LogP contribution is -2.54. The van der Waals surface area contributed by atoms with Crippen LogP contribution in [0.5, 0.6) is 0 Å². The van der Waals surface area contributed by atoms with Gasteiger partial charge < -0.3 is 40.7 Å². The van der Waals surface area contributed by atoms with Gasteiger partial charge in [-0.2, -0.15) is 0 Å². The Labute approximate surface area is 449 Å². The highest BCUT2D eigenvalue weighted by Crippen LogP contribution is 2.72. The molecule has 3 saturated carbocycles. The summed E-state index contributed by atoms with van der Waals surface area (Å²) in [6, 6.07) is 0. The van der Waals surface area contributed by atoms with Crippen LogP contribution in [0.1, 0.15) is 104 Å². The molecule has 15 heteroatoms. The van der Waals surface area contributed by atoms with E-state index in [-0.39, 0.29) is 108 Å². The van der Waals surface area contributed by atoms with E-state index < -0.39 is 23.4 Å². The standard InChI is InChI=1S/C60H74N4O9S2/c1-3-59(18-4-5-19-59)27-46-42-11-10-41-40-16-20-60(54(41)53(42)57(70)72-46)47-13-12-43(51-39-9-8-37-7-6-34(30-65)22-36(31-66)23-35(24-39)25-44(37)51)56(62-28-33(2)67)75-74-32-63-48-26-38(17-21-61-48)45(52(40)55(60)58(71)73-47)29-64-49(68)14-15-50(64)69/h8-9,13-15,17,26-27,33-37,39-41,43-45,51,54,56,61-63,65-67H,3-5,10-12,16,18-25,28-32H2,1-2H3/b46-27-,47-13-/t33-,34+,35-,36-,37+,39+,40-,41-,43-,44+,45-,51+,54+,56-,60-/m0/s1. The van der Waals surface area contributed by atoms with Crippen LogP contribution in [-0.2, 0) is 28.7 Å². The van der Waals surface area contributed by atoms with Gasteiger partial charge in [-0.3, -0.25) is 14.5 Å². The Morgan fingerprint density at radius 1 is 0.933 bits per heavy atom.